The van der Waals surface area contributed by atoms with Crippen molar-refractivity contribution in [2.75, 3.05) is 44.8 Å². The van der Waals surface area contributed by atoms with E-state index in [2.05, 4.69) is 25.7 Å². The number of ether oxygens (including phenoxy) is 1. The lowest BCUT2D eigenvalue weighted by molar-refractivity contribution is -0.135. The average molecular weight is 417 g/mol. The fourth-order valence-corrected chi connectivity index (χ4v) is 5.74. The molecule has 0 unspecified atom stereocenters. The quantitative estimate of drug-likeness (QED) is 0.745. The van der Waals surface area contributed by atoms with Crippen LogP contribution in [-0.4, -0.2) is 60.7 Å². The number of piperazine rings is 1. The van der Waals surface area contributed by atoms with E-state index in [0.29, 0.717) is 5.92 Å². The molecule has 29 heavy (non-hydrogen) atoms. The lowest BCUT2D eigenvalue weighted by atomic mass is 9.89. The molecule has 0 saturated carbocycles. The van der Waals surface area contributed by atoms with Crippen molar-refractivity contribution in [2.45, 2.75) is 52.4 Å². The number of hydrogen-bond donors (Lipinski definition) is 0. The molecule has 0 spiro atoms. The zero-order valence-electron chi connectivity index (χ0n) is 18.0. The third kappa shape index (κ3) is 3.99. The molecule has 2 aromatic heterocycles. The van der Waals surface area contributed by atoms with Gasteiger partial charge in [-0.05, 0) is 37.2 Å². The molecule has 1 saturated heterocycles. The van der Waals surface area contributed by atoms with Gasteiger partial charge in [-0.3, -0.25) is 4.79 Å². The molecule has 3 heterocycles. The minimum atomic E-state index is 0.0715. The lowest BCUT2D eigenvalue weighted by Crippen LogP contribution is -2.50. The van der Waals surface area contributed by atoms with Crippen LogP contribution in [0.5, 0.6) is 0 Å². The molecular formula is C22H32N4O2S. The van der Waals surface area contributed by atoms with E-state index >= 15 is 0 Å². The maximum absolute atomic E-state index is 12.2. The monoisotopic (exact) mass is 416 g/mol. The van der Waals surface area contributed by atoms with Gasteiger partial charge in [-0.25, -0.2) is 9.97 Å². The Morgan fingerprint density at radius 1 is 1.28 bits per heavy atom. The largest absolute Gasteiger partial charge is 0.375 e. The van der Waals surface area contributed by atoms with Crippen molar-refractivity contribution in [1.82, 2.24) is 14.9 Å². The fourth-order valence-electron chi connectivity index (χ4n) is 4.35. The Bertz CT molecular complexity index is 889. The summed E-state index contributed by atoms with van der Waals surface area (Å²) in [5.74, 6) is 3.22. The third-order valence-electron chi connectivity index (χ3n) is 6.41. The summed E-state index contributed by atoms with van der Waals surface area (Å²) in [6, 6.07) is 0. The summed E-state index contributed by atoms with van der Waals surface area (Å²) in [7, 11) is 1.57. The normalized spacial score (nSPS) is 20.8. The number of carbonyl (C=O) groups is 1. The molecule has 0 N–H and O–H groups in total. The zero-order chi connectivity index (χ0) is 20.5. The maximum atomic E-state index is 12.2. The number of nitrogens with zero attached hydrogens (tertiary/aromatic N) is 4. The minimum absolute atomic E-state index is 0.0715. The van der Waals surface area contributed by atoms with Gasteiger partial charge < -0.3 is 14.5 Å². The van der Waals surface area contributed by atoms with Gasteiger partial charge in [-0.1, -0.05) is 20.8 Å². The molecule has 2 aromatic rings. The first-order chi connectivity index (χ1) is 14.0. The molecule has 1 aliphatic heterocycles. The van der Waals surface area contributed by atoms with E-state index in [4.69, 9.17) is 14.7 Å². The molecule has 0 bridgehead atoms. The first-order valence-corrected chi connectivity index (χ1v) is 11.7. The molecule has 1 aliphatic carbocycles. The molecule has 0 aromatic carbocycles. The maximum Gasteiger partial charge on any atom is 0.248 e. The first-order valence-electron chi connectivity index (χ1n) is 10.9. The van der Waals surface area contributed by atoms with E-state index in [0.717, 1.165) is 67.8 Å². The fraction of sp³-hybridized carbons (Fsp3) is 0.682. The van der Waals surface area contributed by atoms with Gasteiger partial charge in [0.15, 0.2) is 0 Å². The van der Waals surface area contributed by atoms with E-state index in [9.17, 15) is 4.79 Å². The van der Waals surface area contributed by atoms with Gasteiger partial charge in [0.2, 0.25) is 5.91 Å². The Labute approximate surface area is 177 Å². The predicted octanol–water partition coefficient (Wildman–Crippen LogP) is 3.62. The van der Waals surface area contributed by atoms with Gasteiger partial charge in [-0.15, -0.1) is 11.3 Å². The number of aryl methyl sites for hydroxylation is 1. The molecule has 1 fully saturated rings. The van der Waals surface area contributed by atoms with Crippen LogP contribution in [0.2, 0.25) is 0 Å². The SMILES string of the molecule is CC[C@@H](C)c1nc(N2CCN(C(=O)COC)CC2)c2c3c(sc2n1)C[C@@H](C)CC3. The number of methoxy groups -OCH3 is 1. The van der Waals surface area contributed by atoms with Crippen molar-refractivity contribution in [3.8, 4) is 0 Å². The Kier molecular flexibility index (Phi) is 6.06. The average Bonchev–Trinajstić information content (AvgIpc) is 3.10. The van der Waals surface area contributed by atoms with Crippen molar-refractivity contribution in [2.24, 2.45) is 5.92 Å². The van der Waals surface area contributed by atoms with Gasteiger partial charge >= 0.3 is 0 Å². The Morgan fingerprint density at radius 2 is 2.03 bits per heavy atom. The zero-order valence-corrected chi connectivity index (χ0v) is 18.8. The third-order valence-corrected chi connectivity index (χ3v) is 7.55. The van der Waals surface area contributed by atoms with Crippen LogP contribution in [0.15, 0.2) is 0 Å². The summed E-state index contributed by atoms with van der Waals surface area (Å²) >= 11 is 1.88. The number of fused-ring (bicyclic) bond motifs is 3. The van der Waals surface area contributed by atoms with E-state index < -0.39 is 0 Å². The van der Waals surface area contributed by atoms with Crippen LogP contribution in [-0.2, 0) is 22.4 Å². The first kappa shape index (κ1) is 20.5. The summed E-state index contributed by atoms with van der Waals surface area (Å²) < 4.78 is 5.02. The standard InChI is InChI=1S/C22H32N4O2S/c1-5-15(3)20-23-21(26-10-8-25(9-11-26)18(27)13-28-4)19-16-7-6-14(2)12-17(16)29-22(19)24-20/h14-15H,5-13H2,1-4H3/t14-,15+/m0/s1. The lowest BCUT2D eigenvalue weighted by Gasteiger charge is -2.36. The second kappa shape index (κ2) is 8.56. The number of thiophene rings is 1. The number of amides is 1. The number of carbonyl (C=O) groups excluding carboxylic acids is 1. The summed E-state index contributed by atoms with van der Waals surface area (Å²) in [5, 5.41) is 1.28. The van der Waals surface area contributed by atoms with Crippen molar-refractivity contribution < 1.29 is 9.53 Å². The van der Waals surface area contributed by atoms with Gasteiger partial charge in [0, 0.05) is 44.1 Å². The number of aromatic nitrogens is 2. The number of hydrogen-bond acceptors (Lipinski definition) is 6. The Hall–Kier alpha value is -1.73. The molecule has 2 aliphatic rings. The highest BCUT2D eigenvalue weighted by Gasteiger charge is 2.29. The summed E-state index contributed by atoms with van der Waals surface area (Å²) in [6.07, 6.45) is 4.56. The summed E-state index contributed by atoms with van der Waals surface area (Å²) in [6.45, 7) is 9.96. The predicted molar refractivity (Wildman–Crippen MR) is 118 cm³/mol. The smallest absolute Gasteiger partial charge is 0.248 e. The second-order valence-corrected chi connectivity index (χ2v) is 9.63. The van der Waals surface area contributed by atoms with E-state index in [1.54, 1.807) is 7.11 Å². The highest BCUT2D eigenvalue weighted by atomic mass is 32.1. The van der Waals surface area contributed by atoms with Gasteiger partial charge in [-0.2, -0.15) is 0 Å². The second-order valence-electron chi connectivity index (χ2n) is 8.55. The van der Waals surface area contributed by atoms with Gasteiger partial charge in [0.1, 0.15) is 23.1 Å². The topological polar surface area (TPSA) is 58.6 Å². The van der Waals surface area contributed by atoms with E-state index in [-0.39, 0.29) is 12.5 Å². The molecule has 158 valence electrons. The van der Waals surface area contributed by atoms with Gasteiger partial charge in [0.05, 0.1) is 5.39 Å². The summed E-state index contributed by atoms with van der Waals surface area (Å²) in [4.78, 5) is 29.2. The molecular weight excluding hydrogens is 384 g/mol. The molecule has 0 radical (unpaired) electrons. The van der Waals surface area contributed by atoms with Crippen molar-refractivity contribution >= 4 is 33.3 Å². The Balaban J connectivity index is 1.70. The van der Waals surface area contributed by atoms with Gasteiger partial charge in [0.25, 0.3) is 0 Å². The van der Waals surface area contributed by atoms with Crippen LogP contribution >= 0.6 is 11.3 Å². The molecule has 7 heteroatoms. The molecule has 6 nitrogen and oxygen atoms in total. The van der Waals surface area contributed by atoms with Crippen molar-refractivity contribution in [3.05, 3.63) is 16.3 Å². The van der Waals surface area contributed by atoms with Crippen LogP contribution < -0.4 is 4.90 Å². The molecule has 4 rings (SSSR count). The molecule has 2 atom stereocenters. The number of rotatable bonds is 5. The Morgan fingerprint density at radius 3 is 2.72 bits per heavy atom. The highest BCUT2D eigenvalue weighted by Crippen LogP contribution is 2.41. The van der Waals surface area contributed by atoms with Crippen LogP contribution in [0, 0.1) is 5.92 Å². The molecule has 1 amide bonds. The highest BCUT2D eigenvalue weighted by molar-refractivity contribution is 7.19. The van der Waals surface area contributed by atoms with E-state index in [1.165, 1.54) is 22.2 Å². The van der Waals surface area contributed by atoms with Crippen LogP contribution in [0.25, 0.3) is 10.2 Å². The minimum Gasteiger partial charge on any atom is -0.375 e. The number of anilines is 1. The van der Waals surface area contributed by atoms with Crippen LogP contribution in [0.1, 0.15) is 55.8 Å². The summed E-state index contributed by atoms with van der Waals surface area (Å²) in [5.41, 5.74) is 1.48. The van der Waals surface area contributed by atoms with E-state index in [1.807, 2.05) is 16.2 Å². The van der Waals surface area contributed by atoms with Crippen molar-refractivity contribution in [1.29, 1.82) is 0 Å². The van der Waals surface area contributed by atoms with Crippen LogP contribution in [0.3, 0.4) is 0 Å². The van der Waals surface area contributed by atoms with Crippen molar-refractivity contribution in [3.63, 3.8) is 0 Å². The van der Waals surface area contributed by atoms with Crippen LogP contribution in [0.4, 0.5) is 5.82 Å².